The van der Waals surface area contributed by atoms with Crippen LogP contribution < -0.4 is 15.5 Å². The number of nitrogens with one attached hydrogen (secondary N) is 3. The van der Waals surface area contributed by atoms with Crippen LogP contribution in [0.2, 0.25) is 0 Å². The number of H-pyrrole nitrogens is 1. The fourth-order valence-electron chi connectivity index (χ4n) is 4.52. The average Bonchev–Trinajstić information content (AvgIpc) is 3.18. The van der Waals surface area contributed by atoms with Crippen molar-refractivity contribution in [3.8, 4) is 11.3 Å². The minimum absolute atomic E-state index is 0.0372. The van der Waals surface area contributed by atoms with Gasteiger partial charge in [0, 0.05) is 43.3 Å². The standard InChI is InChI=1S/C23H24F3N7O/c24-23(25,26)17-13-30-22(31-14-5-3-8-27-11-14)32-19(17)16-12-29-20-15(16)6-4-10-33(21(20)34)18-7-1-2-9-28-18/h1-2,7,9,12-14,27,29H,3-6,8,10-11H2,(H,30,31,32)/t14-/m0/s1. The van der Waals surface area contributed by atoms with Crippen molar-refractivity contribution >= 4 is 17.7 Å². The van der Waals surface area contributed by atoms with E-state index in [1.54, 1.807) is 29.3 Å². The summed E-state index contributed by atoms with van der Waals surface area (Å²) in [6.07, 6.45) is 2.06. The largest absolute Gasteiger partial charge is 0.419 e. The van der Waals surface area contributed by atoms with Crippen molar-refractivity contribution in [2.45, 2.75) is 37.9 Å². The molecule has 0 radical (unpaired) electrons. The number of carbonyl (C=O) groups excluding carboxylic acids is 1. The third-order valence-electron chi connectivity index (χ3n) is 6.16. The summed E-state index contributed by atoms with van der Waals surface area (Å²) in [4.78, 5) is 30.2. The molecule has 2 aliphatic rings. The third-order valence-corrected chi connectivity index (χ3v) is 6.16. The molecule has 1 amide bonds. The first-order valence-corrected chi connectivity index (χ1v) is 11.3. The van der Waals surface area contributed by atoms with E-state index in [0.717, 1.165) is 25.6 Å². The molecule has 5 rings (SSSR count). The fourth-order valence-corrected chi connectivity index (χ4v) is 4.52. The first kappa shape index (κ1) is 22.3. The number of aromatic nitrogens is 4. The second kappa shape index (κ2) is 9.05. The van der Waals surface area contributed by atoms with Crippen LogP contribution in [-0.2, 0) is 12.6 Å². The number of alkyl halides is 3. The Morgan fingerprint density at radius 2 is 2.06 bits per heavy atom. The highest BCUT2D eigenvalue weighted by molar-refractivity contribution is 6.06. The highest BCUT2D eigenvalue weighted by Crippen LogP contribution is 2.39. The van der Waals surface area contributed by atoms with Crippen LogP contribution in [0, 0.1) is 0 Å². The number of anilines is 2. The summed E-state index contributed by atoms with van der Waals surface area (Å²) in [5.74, 6) is 0.315. The smallest absolute Gasteiger partial charge is 0.356 e. The molecule has 5 heterocycles. The van der Waals surface area contributed by atoms with Crippen molar-refractivity contribution < 1.29 is 18.0 Å². The van der Waals surface area contributed by atoms with Crippen molar-refractivity contribution in [1.29, 1.82) is 0 Å². The predicted molar refractivity (Wildman–Crippen MR) is 121 cm³/mol. The maximum Gasteiger partial charge on any atom is 0.419 e. The molecule has 0 saturated carbocycles. The molecule has 0 unspecified atom stereocenters. The number of aromatic amines is 1. The lowest BCUT2D eigenvalue weighted by Gasteiger charge is -2.24. The molecule has 178 valence electrons. The zero-order valence-corrected chi connectivity index (χ0v) is 18.3. The van der Waals surface area contributed by atoms with E-state index in [4.69, 9.17) is 0 Å². The van der Waals surface area contributed by atoms with Gasteiger partial charge < -0.3 is 15.6 Å². The van der Waals surface area contributed by atoms with Crippen LogP contribution in [0.4, 0.5) is 24.9 Å². The topological polar surface area (TPSA) is 98.8 Å². The van der Waals surface area contributed by atoms with Crippen molar-refractivity contribution in [2.24, 2.45) is 0 Å². The first-order chi connectivity index (χ1) is 16.4. The Labute approximate surface area is 194 Å². The molecule has 1 atom stereocenters. The number of hydrogen-bond donors (Lipinski definition) is 3. The highest BCUT2D eigenvalue weighted by atomic mass is 19.4. The Morgan fingerprint density at radius 1 is 1.18 bits per heavy atom. The van der Waals surface area contributed by atoms with Gasteiger partial charge in [0.05, 0.1) is 5.69 Å². The monoisotopic (exact) mass is 471 g/mol. The van der Waals surface area contributed by atoms with Crippen LogP contribution in [0.25, 0.3) is 11.3 Å². The Hall–Kier alpha value is -3.47. The second-order valence-corrected chi connectivity index (χ2v) is 8.45. The van der Waals surface area contributed by atoms with E-state index in [2.05, 4.69) is 30.6 Å². The number of halogens is 3. The number of fused-ring (bicyclic) bond motifs is 1. The summed E-state index contributed by atoms with van der Waals surface area (Å²) in [6, 6.07) is 5.31. The van der Waals surface area contributed by atoms with Gasteiger partial charge >= 0.3 is 6.18 Å². The minimum Gasteiger partial charge on any atom is -0.356 e. The molecular weight excluding hydrogens is 447 g/mol. The third kappa shape index (κ3) is 4.35. The molecule has 34 heavy (non-hydrogen) atoms. The van der Waals surface area contributed by atoms with E-state index in [-0.39, 0.29) is 34.8 Å². The molecule has 3 N–H and O–H groups in total. The van der Waals surface area contributed by atoms with Gasteiger partial charge in [0.2, 0.25) is 5.95 Å². The molecule has 0 spiro atoms. The molecule has 1 saturated heterocycles. The highest BCUT2D eigenvalue weighted by Gasteiger charge is 2.37. The first-order valence-electron chi connectivity index (χ1n) is 11.3. The lowest BCUT2D eigenvalue weighted by Crippen LogP contribution is -2.38. The summed E-state index contributed by atoms with van der Waals surface area (Å²) >= 11 is 0. The minimum atomic E-state index is -4.64. The SMILES string of the molecule is O=C1c2[nH]cc(-c3nc(N[C@H]4CCCNC4)ncc3C(F)(F)F)c2CCCN1c1ccccn1. The summed E-state index contributed by atoms with van der Waals surface area (Å²) in [5.41, 5.74) is -0.107. The van der Waals surface area contributed by atoms with Gasteiger partial charge in [-0.3, -0.25) is 9.69 Å². The van der Waals surface area contributed by atoms with Crippen LogP contribution in [0.15, 0.2) is 36.8 Å². The Morgan fingerprint density at radius 3 is 2.79 bits per heavy atom. The van der Waals surface area contributed by atoms with E-state index < -0.39 is 11.7 Å². The van der Waals surface area contributed by atoms with Gasteiger partial charge in [-0.1, -0.05) is 6.07 Å². The molecule has 0 aromatic carbocycles. The number of piperidine rings is 1. The van der Waals surface area contributed by atoms with Gasteiger partial charge in [0.15, 0.2) is 0 Å². The summed E-state index contributed by atoms with van der Waals surface area (Å²) in [7, 11) is 0. The van der Waals surface area contributed by atoms with Crippen LogP contribution in [0.3, 0.4) is 0 Å². The molecule has 2 aliphatic heterocycles. The molecule has 0 bridgehead atoms. The normalized spacial score (nSPS) is 19.0. The van der Waals surface area contributed by atoms with E-state index in [1.807, 2.05) is 0 Å². The average molecular weight is 471 g/mol. The van der Waals surface area contributed by atoms with E-state index in [1.165, 1.54) is 6.20 Å². The van der Waals surface area contributed by atoms with Gasteiger partial charge in [0.25, 0.3) is 5.91 Å². The van der Waals surface area contributed by atoms with Crippen molar-refractivity contribution in [1.82, 2.24) is 25.3 Å². The maximum atomic E-state index is 13.9. The molecule has 8 nitrogen and oxygen atoms in total. The number of pyridine rings is 1. The predicted octanol–water partition coefficient (Wildman–Crippen LogP) is 3.64. The molecule has 0 aliphatic carbocycles. The van der Waals surface area contributed by atoms with Gasteiger partial charge in [-0.05, 0) is 49.9 Å². The van der Waals surface area contributed by atoms with Gasteiger partial charge in [-0.25, -0.2) is 15.0 Å². The van der Waals surface area contributed by atoms with Crippen molar-refractivity contribution in [3.63, 3.8) is 0 Å². The fraction of sp³-hybridized carbons (Fsp3) is 0.391. The van der Waals surface area contributed by atoms with Crippen LogP contribution in [0.1, 0.15) is 40.9 Å². The Kier molecular flexibility index (Phi) is 5.94. The van der Waals surface area contributed by atoms with Crippen molar-refractivity contribution in [2.75, 3.05) is 29.9 Å². The molecule has 1 fully saturated rings. The number of carbonyl (C=O) groups is 1. The van der Waals surface area contributed by atoms with Gasteiger partial charge in [-0.15, -0.1) is 0 Å². The number of hydrogen-bond acceptors (Lipinski definition) is 6. The lowest BCUT2D eigenvalue weighted by molar-refractivity contribution is -0.137. The van der Waals surface area contributed by atoms with Gasteiger partial charge in [0.1, 0.15) is 17.1 Å². The maximum absolute atomic E-state index is 13.9. The van der Waals surface area contributed by atoms with Crippen LogP contribution in [-0.4, -0.2) is 51.5 Å². The quantitative estimate of drug-likeness (QED) is 0.538. The number of nitrogens with zero attached hydrogens (tertiary/aromatic N) is 4. The summed E-state index contributed by atoms with van der Waals surface area (Å²) < 4.78 is 41.7. The van der Waals surface area contributed by atoms with Crippen LogP contribution in [0.5, 0.6) is 0 Å². The van der Waals surface area contributed by atoms with E-state index >= 15 is 0 Å². The van der Waals surface area contributed by atoms with Crippen molar-refractivity contribution in [3.05, 3.63) is 53.6 Å². The second-order valence-electron chi connectivity index (χ2n) is 8.45. The lowest BCUT2D eigenvalue weighted by atomic mass is 10.0. The Bertz CT molecular complexity index is 1170. The summed E-state index contributed by atoms with van der Waals surface area (Å²) in [5, 5.41) is 6.40. The number of rotatable bonds is 4. The molecule has 3 aromatic rings. The number of amides is 1. The zero-order valence-electron chi connectivity index (χ0n) is 18.3. The van der Waals surface area contributed by atoms with E-state index in [0.29, 0.717) is 37.3 Å². The zero-order chi connectivity index (χ0) is 23.7. The Balaban J connectivity index is 1.54. The molecule has 11 heteroatoms. The van der Waals surface area contributed by atoms with Crippen LogP contribution >= 0.6 is 0 Å². The summed E-state index contributed by atoms with van der Waals surface area (Å²) in [6.45, 7) is 2.02. The molecular formula is C23H24F3N7O. The molecule has 3 aromatic heterocycles. The van der Waals surface area contributed by atoms with E-state index in [9.17, 15) is 18.0 Å². The van der Waals surface area contributed by atoms with Gasteiger partial charge in [-0.2, -0.15) is 13.2 Å².